The molecule has 0 fully saturated rings. The summed E-state index contributed by atoms with van der Waals surface area (Å²) in [6.45, 7) is 1.77. The molecular weight excluding hydrogens is 312 g/mol. The predicted molar refractivity (Wildman–Crippen MR) is 88.4 cm³/mol. The third-order valence-corrected chi connectivity index (χ3v) is 5.27. The number of aliphatic hydroxyl groups is 1. The lowest BCUT2D eigenvalue weighted by Crippen LogP contribution is -2.37. The van der Waals surface area contributed by atoms with E-state index in [2.05, 4.69) is 0 Å². The first-order valence-corrected chi connectivity index (χ1v) is 8.69. The molecule has 6 heteroatoms. The normalized spacial score (nSPS) is 12.4. The van der Waals surface area contributed by atoms with Gasteiger partial charge in [-0.1, -0.05) is 25.1 Å². The summed E-state index contributed by atoms with van der Waals surface area (Å²) in [7, 11) is -3.82. The highest BCUT2D eigenvalue weighted by Gasteiger charge is 2.26. The van der Waals surface area contributed by atoms with Crippen LogP contribution in [0.1, 0.15) is 18.9 Å². The Labute approximate surface area is 136 Å². The number of sulfonamides is 1. The van der Waals surface area contributed by atoms with Crippen molar-refractivity contribution in [3.8, 4) is 6.07 Å². The fourth-order valence-corrected chi connectivity index (χ4v) is 3.59. The molecule has 0 heterocycles. The van der Waals surface area contributed by atoms with Crippen LogP contribution in [0.3, 0.4) is 0 Å². The van der Waals surface area contributed by atoms with Crippen molar-refractivity contribution in [1.82, 2.24) is 0 Å². The number of aliphatic hydroxyl groups excluding tert-OH is 1. The third-order valence-electron chi connectivity index (χ3n) is 3.46. The molecule has 5 nitrogen and oxygen atoms in total. The summed E-state index contributed by atoms with van der Waals surface area (Å²) in [4.78, 5) is 0.0867. The van der Waals surface area contributed by atoms with Gasteiger partial charge in [0.2, 0.25) is 0 Å². The Morgan fingerprint density at radius 2 is 1.74 bits per heavy atom. The molecule has 2 aromatic carbocycles. The first kappa shape index (κ1) is 17.0. The van der Waals surface area contributed by atoms with E-state index in [1.54, 1.807) is 37.3 Å². The SMILES string of the molecule is CC[C@H](O)CN(c1ccccc1)S(=O)(=O)c1ccc(C#N)cc1. The van der Waals surface area contributed by atoms with Crippen molar-refractivity contribution in [3.63, 3.8) is 0 Å². The third kappa shape index (κ3) is 3.89. The van der Waals surface area contributed by atoms with Gasteiger partial charge in [-0.3, -0.25) is 4.31 Å². The lowest BCUT2D eigenvalue weighted by Gasteiger charge is -2.26. The Bertz CT molecular complexity index is 781. The zero-order chi connectivity index (χ0) is 16.9. The molecular formula is C17H18N2O3S. The zero-order valence-corrected chi connectivity index (χ0v) is 13.6. The van der Waals surface area contributed by atoms with E-state index < -0.39 is 16.1 Å². The maximum Gasteiger partial charge on any atom is 0.264 e. The van der Waals surface area contributed by atoms with Gasteiger partial charge in [0.05, 0.1) is 34.9 Å². The van der Waals surface area contributed by atoms with Crippen LogP contribution in [-0.2, 0) is 10.0 Å². The second kappa shape index (κ2) is 7.27. The number of anilines is 1. The average molecular weight is 330 g/mol. The van der Waals surface area contributed by atoms with E-state index in [1.807, 2.05) is 6.07 Å². The van der Waals surface area contributed by atoms with Crippen molar-refractivity contribution >= 4 is 15.7 Å². The van der Waals surface area contributed by atoms with E-state index in [0.717, 1.165) is 0 Å². The Kier molecular flexibility index (Phi) is 5.37. The molecule has 0 amide bonds. The van der Waals surface area contributed by atoms with E-state index in [-0.39, 0.29) is 11.4 Å². The molecule has 0 radical (unpaired) electrons. The second-order valence-electron chi connectivity index (χ2n) is 5.07. The minimum absolute atomic E-state index is 0.0250. The molecule has 0 aliphatic rings. The molecule has 0 bridgehead atoms. The summed E-state index contributed by atoms with van der Waals surface area (Å²) in [5, 5.41) is 18.8. The van der Waals surface area contributed by atoms with Gasteiger partial charge >= 0.3 is 0 Å². The summed E-state index contributed by atoms with van der Waals surface area (Å²) in [5.74, 6) is 0. The monoisotopic (exact) mass is 330 g/mol. The van der Waals surface area contributed by atoms with Crippen LogP contribution in [0.25, 0.3) is 0 Å². The highest BCUT2D eigenvalue weighted by molar-refractivity contribution is 7.92. The van der Waals surface area contributed by atoms with E-state index in [9.17, 15) is 13.5 Å². The first-order chi connectivity index (χ1) is 11.0. The number of hydrogen-bond acceptors (Lipinski definition) is 4. The van der Waals surface area contributed by atoms with Crippen LogP contribution in [0.15, 0.2) is 59.5 Å². The molecule has 0 aliphatic heterocycles. The van der Waals surface area contributed by atoms with Crippen LogP contribution in [0, 0.1) is 11.3 Å². The number of nitrogens with zero attached hydrogens (tertiary/aromatic N) is 2. The standard InChI is InChI=1S/C17H18N2O3S/c1-2-16(20)13-19(15-6-4-3-5-7-15)23(21,22)17-10-8-14(12-18)9-11-17/h3-11,16,20H,2,13H2,1H3/t16-/m0/s1. The van der Waals surface area contributed by atoms with Crippen LogP contribution in [0.5, 0.6) is 0 Å². The number of nitriles is 1. The smallest absolute Gasteiger partial charge is 0.264 e. The largest absolute Gasteiger partial charge is 0.391 e. The van der Waals surface area contributed by atoms with Crippen molar-refractivity contribution in [2.45, 2.75) is 24.3 Å². The van der Waals surface area contributed by atoms with Gasteiger partial charge in [-0.25, -0.2) is 8.42 Å². The predicted octanol–water partition coefficient (Wildman–Crippen LogP) is 2.52. The van der Waals surface area contributed by atoms with Crippen LogP contribution < -0.4 is 4.31 Å². The summed E-state index contributed by atoms with van der Waals surface area (Å²) >= 11 is 0. The number of rotatable bonds is 6. The van der Waals surface area contributed by atoms with Gasteiger partial charge in [0.1, 0.15) is 0 Å². The highest BCUT2D eigenvalue weighted by atomic mass is 32.2. The number of hydrogen-bond donors (Lipinski definition) is 1. The Balaban J connectivity index is 2.46. The molecule has 0 aromatic heterocycles. The van der Waals surface area contributed by atoms with Crippen molar-refractivity contribution < 1.29 is 13.5 Å². The Hall–Kier alpha value is -2.36. The van der Waals surface area contributed by atoms with Crippen LogP contribution in [0.4, 0.5) is 5.69 Å². The van der Waals surface area contributed by atoms with Gasteiger partial charge in [0.15, 0.2) is 0 Å². The molecule has 2 aromatic rings. The maximum absolute atomic E-state index is 12.9. The quantitative estimate of drug-likeness (QED) is 0.882. The van der Waals surface area contributed by atoms with Gasteiger partial charge in [-0.05, 0) is 42.8 Å². The van der Waals surface area contributed by atoms with Gasteiger partial charge in [-0.15, -0.1) is 0 Å². The van der Waals surface area contributed by atoms with Crippen molar-refractivity contribution in [1.29, 1.82) is 5.26 Å². The zero-order valence-electron chi connectivity index (χ0n) is 12.8. The van der Waals surface area contributed by atoms with Crippen LogP contribution in [0.2, 0.25) is 0 Å². The molecule has 1 N–H and O–H groups in total. The maximum atomic E-state index is 12.9. The highest BCUT2D eigenvalue weighted by Crippen LogP contribution is 2.24. The van der Waals surface area contributed by atoms with E-state index >= 15 is 0 Å². The lowest BCUT2D eigenvalue weighted by atomic mass is 10.2. The van der Waals surface area contributed by atoms with Crippen molar-refractivity contribution in [2.24, 2.45) is 0 Å². The molecule has 0 spiro atoms. The minimum Gasteiger partial charge on any atom is -0.391 e. The lowest BCUT2D eigenvalue weighted by molar-refractivity contribution is 0.179. The molecule has 1 atom stereocenters. The van der Waals surface area contributed by atoms with Gasteiger partial charge < -0.3 is 5.11 Å². The molecule has 0 aliphatic carbocycles. The van der Waals surface area contributed by atoms with Crippen molar-refractivity contribution in [3.05, 3.63) is 60.2 Å². The van der Waals surface area contributed by atoms with Crippen LogP contribution >= 0.6 is 0 Å². The molecule has 0 unspecified atom stereocenters. The summed E-state index contributed by atoms with van der Waals surface area (Å²) in [5.41, 5.74) is 0.883. The second-order valence-corrected chi connectivity index (χ2v) is 6.93. The van der Waals surface area contributed by atoms with E-state index in [0.29, 0.717) is 17.7 Å². The minimum atomic E-state index is -3.82. The van der Waals surface area contributed by atoms with E-state index in [1.165, 1.54) is 28.6 Å². The van der Waals surface area contributed by atoms with Gasteiger partial charge in [0.25, 0.3) is 10.0 Å². The summed E-state index contributed by atoms with van der Waals surface area (Å²) in [6, 6.07) is 16.4. The fourth-order valence-electron chi connectivity index (χ4n) is 2.09. The summed E-state index contributed by atoms with van der Waals surface area (Å²) < 4.78 is 27.0. The molecule has 23 heavy (non-hydrogen) atoms. The Morgan fingerprint density at radius 3 is 2.26 bits per heavy atom. The van der Waals surface area contributed by atoms with Crippen molar-refractivity contribution in [2.75, 3.05) is 10.8 Å². The topological polar surface area (TPSA) is 81.4 Å². The van der Waals surface area contributed by atoms with Gasteiger partial charge in [-0.2, -0.15) is 5.26 Å². The number of benzene rings is 2. The fraction of sp³-hybridized carbons (Fsp3) is 0.235. The molecule has 0 saturated carbocycles. The van der Waals surface area contributed by atoms with E-state index in [4.69, 9.17) is 5.26 Å². The average Bonchev–Trinajstić information content (AvgIpc) is 2.60. The molecule has 120 valence electrons. The van der Waals surface area contributed by atoms with Crippen LogP contribution in [-0.4, -0.2) is 26.2 Å². The number of para-hydroxylation sites is 1. The van der Waals surface area contributed by atoms with Gasteiger partial charge in [0, 0.05) is 0 Å². The Morgan fingerprint density at radius 1 is 1.13 bits per heavy atom. The molecule has 2 rings (SSSR count). The first-order valence-electron chi connectivity index (χ1n) is 7.25. The molecule has 0 saturated heterocycles. The summed E-state index contributed by atoms with van der Waals surface area (Å²) in [6.07, 6.45) is -0.310.